The van der Waals surface area contributed by atoms with Crippen LogP contribution in [0.4, 0.5) is 20.2 Å². The quantitative estimate of drug-likeness (QED) is 0.252. The zero-order chi connectivity index (χ0) is 35.2. The summed E-state index contributed by atoms with van der Waals surface area (Å²) in [5.41, 5.74) is 4.43. The van der Waals surface area contributed by atoms with Gasteiger partial charge in [-0.3, -0.25) is 0 Å². The maximum absolute atomic E-state index is 13.5. The Labute approximate surface area is 293 Å². The average Bonchev–Trinajstić information content (AvgIpc) is 3.32. The fourth-order valence-electron chi connectivity index (χ4n) is 8.22. The zero-order valence-corrected chi connectivity index (χ0v) is 29.8. The number of hydrogen-bond acceptors (Lipinski definition) is 8. The molecule has 2 N–H and O–H groups in total. The second-order valence-corrected chi connectivity index (χ2v) is 17.5. The number of rotatable bonds is 4. The van der Waals surface area contributed by atoms with Crippen LogP contribution in [0.2, 0.25) is 0 Å². The van der Waals surface area contributed by atoms with Crippen molar-refractivity contribution in [3.8, 4) is 0 Å². The summed E-state index contributed by atoms with van der Waals surface area (Å²) in [7, 11) is -3.20. The fourth-order valence-corrected chi connectivity index (χ4v) is 10.8. The molecule has 8 rings (SSSR count). The molecule has 0 aromatic heterocycles. The van der Waals surface area contributed by atoms with Crippen LogP contribution in [-0.4, -0.2) is 69.2 Å². The van der Waals surface area contributed by atoms with Crippen LogP contribution in [0.1, 0.15) is 48.6 Å². The van der Waals surface area contributed by atoms with Gasteiger partial charge >= 0.3 is 0 Å². The summed E-state index contributed by atoms with van der Waals surface area (Å²) < 4.78 is 78.2. The van der Waals surface area contributed by atoms with Crippen LogP contribution < -0.4 is 20.4 Å². The molecule has 4 aromatic rings. The Kier molecular flexibility index (Phi) is 9.48. The van der Waals surface area contributed by atoms with Gasteiger partial charge in [-0.05, 0) is 142 Å². The van der Waals surface area contributed by atoms with Gasteiger partial charge in [0, 0.05) is 49.4 Å². The largest absolute Gasteiger partial charge is 0.371 e. The number of fused-ring (bicyclic) bond motifs is 6. The highest BCUT2D eigenvalue weighted by atomic mass is 32.2. The smallest absolute Gasteiger partial charge is 0.206 e. The van der Waals surface area contributed by atoms with Crippen molar-refractivity contribution in [3.05, 3.63) is 108 Å². The van der Waals surface area contributed by atoms with Crippen molar-refractivity contribution >= 4 is 31.0 Å². The average molecular weight is 721 g/mol. The first-order chi connectivity index (χ1) is 24.0. The summed E-state index contributed by atoms with van der Waals surface area (Å²) in [6, 6.07) is 21.7. The standard InChI is InChI=1S/2C19H21FN2O2S/c1-22-18-7-6-15(25(23,24)14-4-2-13(20)3-5-14)12-17(18)16-8-10-21-11-9-19(16)22;1-22-18-6-5-15(25(23,24)14-4-2-3-13(20)11-14)12-17(18)16-7-9-21-10-8-19(16)22/h2-7,12,16,19,21H,8-11H2,1H3;2-6,11-12,16,19,21H,7-10H2,1H3/t2*16-,19+/m11/s1. The van der Waals surface area contributed by atoms with Gasteiger partial charge < -0.3 is 20.4 Å². The number of nitrogens with one attached hydrogen (secondary N) is 2. The van der Waals surface area contributed by atoms with Crippen molar-refractivity contribution in [2.45, 2.75) is 69.2 Å². The minimum absolute atomic E-state index is 0.00196. The molecular formula is C38H42F2N4O4S2. The van der Waals surface area contributed by atoms with Gasteiger partial charge in [0.05, 0.1) is 19.6 Å². The monoisotopic (exact) mass is 720 g/mol. The number of anilines is 2. The van der Waals surface area contributed by atoms with Crippen LogP contribution in [0.15, 0.2) is 105 Å². The van der Waals surface area contributed by atoms with Crippen molar-refractivity contribution in [3.63, 3.8) is 0 Å². The highest BCUT2D eigenvalue weighted by Crippen LogP contribution is 2.46. The Hall–Kier alpha value is -3.84. The van der Waals surface area contributed by atoms with E-state index in [0.717, 1.165) is 80.4 Å². The van der Waals surface area contributed by atoms with E-state index in [9.17, 15) is 25.6 Å². The summed E-state index contributed by atoms with van der Waals surface area (Å²) in [6.45, 7) is 3.85. The zero-order valence-electron chi connectivity index (χ0n) is 28.1. The second-order valence-electron chi connectivity index (χ2n) is 13.6. The second kappa shape index (κ2) is 13.7. The van der Waals surface area contributed by atoms with Gasteiger partial charge in [-0.15, -0.1) is 0 Å². The Bertz CT molecular complexity index is 2110. The molecule has 0 aliphatic carbocycles. The van der Waals surface area contributed by atoms with E-state index in [0.29, 0.717) is 23.9 Å². The molecule has 2 fully saturated rings. The van der Waals surface area contributed by atoms with Crippen molar-refractivity contribution in [2.75, 3.05) is 50.1 Å². The van der Waals surface area contributed by atoms with Crippen LogP contribution in [0, 0.1) is 11.6 Å². The van der Waals surface area contributed by atoms with Crippen molar-refractivity contribution in [2.24, 2.45) is 0 Å². The third-order valence-corrected chi connectivity index (χ3v) is 14.3. The van der Waals surface area contributed by atoms with Crippen LogP contribution in [0.25, 0.3) is 0 Å². The Morgan fingerprint density at radius 3 is 1.48 bits per heavy atom. The molecule has 4 heterocycles. The first-order valence-corrected chi connectivity index (χ1v) is 20.1. The van der Waals surface area contributed by atoms with Gasteiger partial charge in [0.2, 0.25) is 19.7 Å². The number of sulfone groups is 2. The molecule has 264 valence electrons. The number of halogens is 2. The summed E-state index contributed by atoms with van der Waals surface area (Å²) >= 11 is 0. The molecule has 4 aliphatic heterocycles. The van der Waals surface area contributed by atoms with E-state index >= 15 is 0 Å². The van der Waals surface area contributed by atoms with Crippen LogP contribution in [0.5, 0.6) is 0 Å². The summed E-state index contributed by atoms with van der Waals surface area (Å²) in [5.74, 6) is -0.309. The maximum Gasteiger partial charge on any atom is 0.206 e. The van der Waals surface area contributed by atoms with E-state index in [1.54, 1.807) is 18.2 Å². The van der Waals surface area contributed by atoms with Crippen molar-refractivity contribution < 1.29 is 25.6 Å². The van der Waals surface area contributed by atoms with Crippen LogP contribution in [-0.2, 0) is 19.7 Å². The predicted molar refractivity (Wildman–Crippen MR) is 191 cm³/mol. The lowest BCUT2D eigenvalue weighted by Gasteiger charge is -2.24. The highest BCUT2D eigenvalue weighted by Gasteiger charge is 2.39. The predicted octanol–water partition coefficient (Wildman–Crippen LogP) is 5.89. The molecule has 4 aromatic carbocycles. The lowest BCUT2D eigenvalue weighted by molar-refractivity contribution is 0.531. The highest BCUT2D eigenvalue weighted by molar-refractivity contribution is 7.91. The van der Waals surface area contributed by atoms with Crippen LogP contribution in [0.3, 0.4) is 0 Å². The molecule has 2 saturated heterocycles. The first-order valence-electron chi connectivity index (χ1n) is 17.1. The third kappa shape index (κ3) is 6.31. The molecular weight excluding hydrogens is 679 g/mol. The SMILES string of the molecule is CN1c2ccc(S(=O)(=O)c3ccc(F)cc3)cc2[C@H]2CCNCC[C@@H]21.CN1c2ccc(S(=O)(=O)c3cccc(F)c3)cc2[C@H]2CCNCC[C@@H]21. The fraction of sp³-hybridized carbons (Fsp3) is 0.368. The summed E-state index contributed by atoms with van der Waals surface area (Å²) in [5, 5.41) is 6.84. The molecule has 4 aliphatic rings. The molecule has 0 saturated carbocycles. The van der Waals surface area contributed by atoms with E-state index < -0.39 is 31.3 Å². The molecule has 0 bridgehead atoms. The van der Waals surface area contributed by atoms with Gasteiger partial charge in [0.25, 0.3) is 0 Å². The van der Waals surface area contributed by atoms with Gasteiger partial charge in [0.1, 0.15) is 11.6 Å². The van der Waals surface area contributed by atoms with Gasteiger partial charge in [-0.25, -0.2) is 25.6 Å². The normalized spacial score (nSPS) is 23.0. The van der Waals surface area contributed by atoms with E-state index in [1.807, 2.05) is 18.2 Å². The lowest BCUT2D eigenvalue weighted by atomic mass is 9.91. The van der Waals surface area contributed by atoms with E-state index in [2.05, 4.69) is 34.5 Å². The van der Waals surface area contributed by atoms with E-state index in [-0.39, 0.29) is 19.6 Å². The van der Waals surface area contributed by atoms with Crippen LogP contribution >= 0.6 is 0 Å². The van der Waals surface area contributed by atoms with E-state index in [4.69, 9.17) is 0 Å². The minimum atomic E-state index is -3.72. The molecule has 0 radical (unpaired) electrons. The third-order valence-electron chi connectivity index (χ3n) is 10.8. The Morgan fingerprint density at radius 2 is 0.980 bits per heavy atom. The number of hydrogen-bond donors (Lipinski definition) is 2. The van der Waals surface area contributed by atoms with Crippen molar-refractivity contribution in [1.82, 2.24) is 10.6 Å². The number of benzene rings is 4. The summed E-state index contributed by atoms with van der Waals surface area (Å²) in [4.78, 5) is 5.19. The Morgan fingerprint density at radius 1 is 0.540 bits per heavy atom. The van der Waals surface area contributed by atoms with Crippen molar-refractivity contribution in [1.29, 1.82) is 0 Å². The minimum Gasteiger partial charge on any atom is -0.371 e. The molecule has 8 nitrogen and oxygen atoms in total. The van der Waals surface area contributed by atoms with E-state index in [1.165, 1.54) is 42.5 Å². The molecule has 4 atom stereocenters. The summed E-state index contributed by atoms with van der Waals surface area (Å²) in [6.07, 6.45) is 4.09. The topological polar surface area (TPSA) is 98.8 Å². The van der Waals surface area contributed by atoms with Gasteiger partial charge in [-0.1, -0.05) is 6.07 Å². The van der Waals surface area contributed by atoms with Gasteiger partial charge in [-0.2, -0.15) is 0 Å². The lowest BCUT2D eigenvalue weighted by Crippen LogP contribution is -2.30. The molecule has 0 unspecified atom stereocenters. The first kappa shape index (κ1) is 34.6. The molecule has 12 heteroatoms. The Balaban J connectivity index is 0.000000157. The number of nitrogens with zero attached hydrogens (tertiary/aromatic N) is 2. The molecule has 0 spiro atoms. The molecule has 50 heavy (non-hydrogen) atoms. The maximum atomic E-state index is 13.5. The van der Waals surface area contributed by atoms with Gasteiger partial charge in [0.15, 0.2) is 0 Å². The number of likely N-dealkylation sites (N-methyl/N-ethyl adjacent to an activating group) is 2. The molecule has 0 amide bonds.